The van der Waals surface area contributed by atoms with Gasteiger partial charge in [0.1, 0.15) is 22.6 Å². The quantitative estimate of drug-likeness (QED) is 0.348. The molecule has 9 heteroatoms. The molecule has 0 saturated carbocycles. The molecule has 5 rings (SSSR count). The van der Waals surface area contributed by atoms with E-state index in [0.29, 0.717) is 27.9 Å². The lowest BCUT2D eigenvalue weighted by Gasteiger charge is -2.19. The Morgan fingerprint density at radius 2 is 2.00 bits per heavy atom. The summed E-state index contributed by atoms with van der Waals surface area (Å²) in [4.78, 5) is 33.4. The van der Waals surface area contributed by atoms with Crippen molar-refractivity contribution in [2.24, 2.45) is 5.73 Å². The molecule has 0 bridgehead atoms. The minimum atomic E-state index is -0.761. The summed E-state index contributed by atoms with van der Waals surface area (Å²) >= 11 is 5.92. The lowest BCUT2D eigenvalue weighted by Crippen LogP contribution is -2.17. The average Bonchev–Trinajstić information content (AvgIpc) is 3.30. The SMILES string of the molecule is Cc1cc([C@@H](C)Oc2ccc(Cl)nc2C(N)=O)c2oc(-c3ccc4cncn4c3)c(C)c(=O)c2c1. The number of halogens is 1. The number of carbonyl (C=O) groups excluding carboxylic acids is 1. The van der Waals surface area contributed by atoms with Gasteiger partial charge in [-0.15, -0.1) is 0 Å². The van der Waals surface area contributed by atoms with Gasteiger partial charge in [-0.3, -0.25) is 9.59 Å². The lowest BCUT2D eigenvalue weighted by molar-refractivity contribution is 0.0988. The van der Waals surface area contributed by atoms with Gasteiger partial charge < -0.3 is 19.3 Å². The molecule has 1 aromatic carbocycles. The predicted molar refractivity (Wildman–Crippen MR) is 133 cm³/mol. The minimum absolute atomic E-state index is 0.0760. The molecule has 2 N–H and O–H groups in total. The highest BCUT2D eigenvalue weighted by molar-refractivity contribution is 6.29. The fourth-order valence-corrected chi connectivity index (χ4v) is 4.29. The number of primary amides is 1. The summed E-state index contributed by atoms with van der Waals surface area (Å²) in [6.07, 6.45) is 4.70. The summed E-state index contributed by atoms with van der Waals surface area (Å²) in [6, 6.07) is 10.5. The Bertz CT molecular complexity index is 1690. The Labute approximate surface area is 204 Å². The van der Waals surface area contributed by atoms with Crippen LogP contribution >= 0.6 is 11.6 Å². The second kappa shape index (κ2) is 8.56. The number of aryl methyl sites for hydroxylation is 1. The van der Waals surface area contributed by atoms with Gasteiger partial charge in [-0.2, -0.15) is 0 Å². The topological polar surface area (TPSA) is 113 Å². The monoisotopic (exact) mass is 488 g/mol. The van der Waals surface area contributed by atoms with Crippen LogP contribution in [0, 0.1) is 13.8 Å². The number of aromatic nitrogens is 3. The molecule has 0 aliphatic heterocycles. The van der Waals surface area contributed by atoms with Gasteiger partial charge in [-0.25, -0.2) is 9.97 Å². The average molecular weight is 489 g/mol. The summed E-state index contributed by atoms with van der Waals surface area (Å²) < 4.78 is 14.3. The maximum absolute atomic E-state index is 13.4. The van der Waals surface area contributed by atoms with Gasteiger partial charge in [0.05, 0.1) is 23.4 Å². The van der Waals surface area contributed by atoms with E-state index in [0.717, 1.165) is 16.6 Å². The van der Waals surface area contributed by atoms with Crippen LogP contribution in [-0.4, -0.2) is 20.3 Å². The smallest absolute Gasteiger partial charge is 0.271 e. The van der Waals surface area contributed by atoms with Crippen molar-refractivity contribution in [3.63, 3.8) is 0 Å². The summed E-state index contributed by atoms with van der Waals surface area (Å²) in [5, 5.41) is 0.575. The van der Waals surface area contributed by atoms with Crippen LogP contribution in [0.4, 0.5) is 0 Å². The third kappa shape index (κ3) is 4.02. The van der Waals surface area contributed by atoms with Gasteiger partial charge in [0, 0.05) is 22.9 Å². The van der Waals surface area contributed by atoms with Crippen molar-refractivity contribution >= 4 is 34.0 Å². The fraction of sp³-hybridized carbons (Fsp3) is 0.154. The van der Waals surface area contributed by atoms with E-state index in [4.69, 9.17) is 26.5 Å². The van der Waals surface area contributed by atoms with Crippen LogP contribution in [-0.2, 0) is 0 Å². The van der Waals surface area contributed by atoms with E-state index in [-0.39, 0.29) is 22.0 Å². The summed E-state index contributed by atoms with van der Waals surface area (Å²) in [5.41, 5.74) is 9.34. The van der Waals surface area contributed by atoms with Crippen LogP contribution in [0.3, 0.4) is 0 Å². The first kappa shape index (κ1) is 22.6. The van der Waals surface area contributed by atoms with Crippen LogP contribution in [0.25, 0.3) is 27.8 Å². The molecule has 0 spiro atoms. The standard InChI is InChI=1S/C26H21ClN4O4/c1-13-8-18(15(3)34-20-6-7-21(27)30-22(20)26(28)33)25-19(9-13)23(32)14(2)24(35-25)16-4-5-17-10-29-12-31(17)11-16/h4-12,15H,1-3H3,(H2,28,33)/t15-/m1/s1. The second-order valence-corrected chi connectivity index (χ2v) is 8.75. The van der Waals surface area contributed by atoms with Crippen LogP contribution in [0.2, 0.25) is 5.15 Å². The van der Waals surface area contributed by atoms with E-state index < -0.39 is 12.0 Å². The van der Waals surface area contributed by atoms with Gasteiger partial charge in [-0.1, -0.05) is 11.6 Å². The molecule has 1 atom stereocenters. The number of ether oxygens (including phenoxy) is 1. The number of hydrogen-bond acceptors (Lipinski definition) is 6. The van der Waals surface area contributed by atoms with Gasteiger partial charge in [-0.05, 0) is 62.7 Å². The second-order valence-electron chi connectivity index (χ2n) is 8.36. The first-order valence-electron chi connectivity index (χ1n) is 10.9. The molecule has 0 radical (unpaired) electrons. The van der Waals surface area contributed by atoms with Gasteiger partial charge in [0.2, 0.25) is 0 Å². The molecule has 8 nitrogen and oxygen atoms in total. The van der Waals surface area contributed by atoms with Crippen molar-refractivity contribution in [3.8, 4) is 17.1 Å². The van der Waals surface area contributed by atoms with E-state index in [9.17, 15) is 9.59 Å². The maximum Gasteiger partial charge on any atom is 0.271 e. The highest BCUT2D eigenvalue weighted by Gasteiger charge is 2.22. The molecular formula is C26H21ClN4O4. The van der Waals surface area contributed by atoms with Crippen LogP contribution < -0.4 is 15.9 Å². The summed E-state index contributed by atoms with van der Waals surface area (Å²) in [6.45, 7) is 5.44. The third-order valence-corrected chi connectivity index (χ3v) is 6.07. The van der Waals surface area contributed by atoms with Crippen molar-refractivity contribution in [1.29, 1.82) is 0 Å². The summed E-state index contributed by atoms with van der Waals surface area (Å²) in [7, 11) is 0. The zero-order valence-corrected chi connectivity index (χ0v) is 20.0. The van der Waals surface area contributed by atoms with Crippen molar-refractivity contribution in [2.45, 2.75) is 26.9 Å². The molecule has 176 valence electrons. The molecule has 0 aliphatic carbocycles. The molecule has 0 fully saturated rings. The number of imidazole rings is 1. The Morgan fingerprint density at radius 1 is 1.20 bits per heavy atom. The van der Waals surface area contributed by atoms with E-state index in [1.165, 1.54) is 12.1 Å². The van der Waals surface area contributed by atoms with Gasteiger partial charge in [0.15, 0.2) is 16.9 Å². The van der Waals surface area contributed by atoms with Crippen molar-refractivity contribution in [1.82, 2.24) is 14.4 Å². The number of pyridine rings is 2. The van der Waals surface area contributed by atoms with E-state index in [1.54, 1.807) is 32.4 Å². The van der Waals surface area contributed by atoms with E-state index in [2.05, 4.69) is 9.97 Å². The number of fused-ring (bicyclic) bond motifs is 2. The molecular weight excluding hydrogens is 468 g/mol. The number of hydrogen-bond donors (Lipinski definition) is 1. The molecule has 5 aromatic rings. The Balaban J connectivity index is 1.67. The van der Waals surface area contributed by atoms with Crippen molar-refractivity contribution < 1.29 is 13.9 Å². The number of benzene rings is 1. The number of carbonyl (C=O) groups is 1. The Kier molecular flexibility index (Phi) is 5.53. The Morgan fingerprint density at radius 3 is 2.77 bits per heavy atom. The number of nitrogens with two attached hydrogens (primary N) is 1. The molecule has 1 amide bonds. The van der Waals surface area contributed by atoms with Crippen LogP contribution in [0.15, 0.2) is 64.3 Å². The zero-order valence-electron chi connectivity index (χ0n) is 19.2. The molecule has 0 aliphatic rings. The van der Waals surface area contributed by atoms with Crippen molar-refractivity contribution in [3.05, 3.63) is 92.9 Å². The molecule has 0 unspecified atom stereocenters. The number of amides is 1. The molecule has 4 aromatic heterocycles. The number of rotatable bonds is 5. The third-order valence-electron chi connectivity index (χ3n) is 5.86. The molecule has 0 saturated heterocycles. The van der Waals surface area contributed by atoms with Crippen molar-refractivity contribution in [2.75, 3.05) is 0 Å². The Hall–Kier alpha value is -4.17. The highest BCUT2D eigenvalue weighted by atomic mass is 35.5. The zero-order chi connectivity index (χ0) is 24.9. The minimum Gasteiger partial charge on any atom is -0.483 e. The predicted octanol–water partition coefficient (Wildman–Crippen LogP) is 5.01. The lowest BCUT2D eigenvalue weighted by atomic mass is 10.00. The fourth-order valence-electron chi connectivity index (χ4n) is 4.15. The van der Waals surface area contributed by atoms with Gasteiger partial charge in [0.25, 0.3) is 5.91 Å². The summed E-state index contributed by atoms with van der Waals surface area (Å²) in [5.74, 6) is -0.117. The molecule has 35 heavy (non-hydrogen) atoms. The number of nitrogens with zero attached hydrogens (tertiary/aromatic N) is 3. The van der Waals surface area contributed by atoms with Crippen LogP contribution in [0.5, 0.6) is 5.75 Å². The normalized spacial score (nSPS) is 12.2. The molecule has 4 heterocycles. The maximum atomic E-state index is 13.4. The first-order valence-corrected chi connectivity index (χ1v) is 11.2. The van der Waals surface area contributed by atoms with E-state index in [1.807, 2.05) is 35.7 Å². The first-order chi connectivity index (χ1) is 16.7. The van der Waals surface area contributed by atoms with Gasteiger partial charge >= 0.3 is 0 Å². The van der Waals surface area contributed by atoms with Crippen LogP contribution in [0.1, 0.15) is 40.2 Å². The van der Waals surface area contributed by atoms with E-state index >= 15 is 0 Å². The largest absolute Gasteiger partial charge is 0.483 e. The highest BCUT2D eigenvalue weighted by Crippen LogP contribution is 2.33.